The van der Waals surface area contributed by atoms with Gasteiger partial charge in [0, 0.05) is 28.9 Å². The lowest BCUT2D eigenvalue weighted by atomic mass is 10.2. The minimum Gasteiger partial charge on any atom is -0.339 e. The van der Waals surface area contributed by atoms with E-state index in [9.17, 15) is 22.8 Å². The van der Waals surface area contributed by atoms with Crippen molar-refractivity contribution in [2.75, 3.05) is 21.3 Å². The average molecular weight is 468 g/mol. The maximum absolute atomic E-state index is 13.6. The molecule has 0 bridgehead atoms. The molecule has 0 saturated heterocycles. The Bertz CT molecular complexity index is 1240. The summed E-state index contributed by atoms with van der Waals surface area (Å²) in [5.41, 5.74) is 0.409. The van der Waals surface area contributed by atoms with Crippen molar-refractivity contribution in [3.8, 4) is 0 Å². The van der Waals surface area contributed by atoms with Crippen LogP contribution in [0.1, 0.15) is 5.56 Å². The molecule has 34 heavy (non-hydrogen) atoms. The Morgan fingerprint density at radius 1 is 0.824 bits per heavy atom. The van der Waals surface area contributed by atoms with E-state index in [1.165, 1.54) is 12.1 Å². The highest BCUT2D eigenvalue weighted by Crippen LogP contribution is 2.35. The SMILES string of the molecule is C=CC(=O)Nc1cccc(Nc2ncc(C(F)(F)F)c(Nc3cccc(NC(=O)C=C)c3)n2)c1. The number of carbonyl (C=O) groups excluding carboxylic acids is 2. The van der Waals surface area contributed by atoms with Crippen LogP contribution < -0.4 is 21.3 Å². The zero-order valence-electron chi connectivity index (χ0n) is 17.6. The summed E-state index contributed by atoms with van der Waals surface area (Å²) in [5, 5.41) is 10.5. The molecule has 0 fully saturated rings. The van der Waals surface area contributed by atoms with Gasteiger partial charge in [-0.3, -0.25) is 9.59 Å². The lowest BCUT2D eigenvalue weighted by Crippen LogP contribution is -2.13. The minimum atomic E-state index is -4.72. The zero-order chi connectivity index (χ0) is 24.7. The smallest absolute Gasteiger partial charge is 0.339 e. The summed E-state index contributed by atoms with van der Waals surface area (Å²) < 4.78 is 40.7. The predicted molar refractivity (Wildman–Crippen MR) is 124 cm³/mol. The topological polar surface area (TPSA) is 108 Å². The highest BCUT2D eigenvalue weighted by atomic mass is 19.4. The molecule has 174 valence electrons. The monoisotopic (exact) mass is 468 g/mol. The van der Waals surface area contributed by atoms with E-state index in [0.717, 1.165) is 12.2 Å². The highest BCUT2D eigenvalue weighted by Gasteiger charge is 2.35. The zero-order valence-corrected chi connectivity index (χ0v) is 17.6. The lowest BCUT2D eigenvalue weighted by molar-refractivity contribution is -0.137. The quantitative estimate of drug-likeness (QED) is 0.337. The summed E-state index contributed by atoms with van der Waals surface area (Å²) in [4.78, 5) is 30.7. The molecule has 8 nitrogen and oxygen atoms in total. The van der Waals surface area contributed by atoms with E-state index >= 15 is 0 Å². The van der Waals surface area contributed by atoms with E-state index in [1.807, 2.05) is 0 Å². The fourth-order valence-corrected chi connectivity index (χ4v) is 2.75. The largest absolute Gasteiger partial charge is 0.421 e. The first-order chi connectivity index (χ1) is 16.2. The highest BCUT2D eigenvalue weighted by molar-refractivity contribution is 5.99. The molecule has 0 aliphatic carbocycles. The van der Waals surface area contributed by atoms with Gasteiger partial charge >= 0.3 is 6.18 Å². The second-order valence-electron chi connectivity index (χ2n) is 6.75. The van der Waals surface area contributed by atoms with Crippen LogP contribution in [0.3, 0.4) is 0 Å². The summed E-state index contributed by atoms with van der Waals surface area (Å²) in [7, 11) is 0. The number of hydrogen-bond acceptors (Lipinski definition) is 6. The molecule has 0 unspecified atom stereocenters. The minimum absolute atomic E-state index is 0.112. The van der Waals surface area contributed by atoms with Gasteiger partial charge < -0.3 is 21.3 Å². The first-order valence-corrected chi connectivity index (χ1v) is 9.73. The second-order valence-corrected chi connectivity index (χ2v) is 6.75. The van der Waals surface area contributed by atoms with Crippen LogP contribution >= 0.6 is 0 Å². The van der Waals surface area contributed by atoms with E-state index in [-0.39, 0.29) is 11.6 Å². The third-order valence-electron chi connectivity index (χ3n) is 4.24. The Hall–Kier alpha value is -4.67. The summed E-state index contributed by atoms with van der Waals surface area (Å²) in [6.45, 7) is 6.72. The Labute approximate surface area is 192 Å². The molecule has 2 amide bonds. The number of nitrogens with zero attached hydrogens (tertiary/aromatic N) is 2. The molecule has 3 aromatic rings. The van der Waals surface area contributed by atoms with Crippen molar-refractivity contribution in [3.63, 3.8) is 0 Å². The molecular weight excluding hydrogens is 449 g/mol. The van der Waals surface area contributed by atoms with Gasteiger partial charge in [0.05, 0.1) is 0 Å². The fourth-order valence-electron chi connectivity index (χ4n) is 2.75. The van der Waals surface area contributed by atoms with Crippen molar-refractivity contribution >= 4 is 46.3 Å². The number of alkyl halides is 3. The van der Waals surface area contributed by atoms with Crippen LogP contribution in [0.2, 0.25) is 0 Å². The molecule has 4 N–H and O–H groups in total. The van der Waals surface area contributed by atoms with E-state index < -0.39 is 29.4 Å². The Morgan fingerprint density at radius 3 is 1.82 bits per heavy atom. The number of amides is 2. The van der Waals surface area contributed by atoms with Gasteiger partial charge in [-0.2, -0.15) is 18.2 Å². The van der Waals surface area contributed by atoms with Crippen LogP contribution in [-0.4, -0.2) is 21.8 Å². The summed E-state index contributed by atoms with van der Waals surface area (Å²) >= 11 is 0. The van der Waals surface area contributed by atoms with Gasteiger partial charge in [0.25, 0.3) is 0 Å². The maximum atomic E-state index is 13.6. The number of benzene rings is 2. The molecule has 3 rings (SSSR count). The van der Waals surface area contributed by atoms with Gasteiger partial charge in [0.15, 0.2) is 0 Å². The number of halogens is 3. The molecule has 11 heteroatoms. The Kier molecular flexibility index (Phi) is 7.26. The normalized spacial score (nSPS) is 10.7. The van der Waals surface area contributed by atoms with Crippen molar-refractivity contribution < 1.29 is 22.8 Å². The van der Waals surface area contributed by atoms with Crippen LogP contribution in [0.25, 0.3) is 0 Å². The third kappa shape index (κ3) is 6.42. The summed E-state index contributed by atoms with van der Waals surface area (Å²) in [6.07, 6.45) is -1.88. The Balaban J connectivity index is 1.89. The Morgan fingerprint density at radius 2 is 1.32 bits per heavy atom. The first kappa shape index (κ1) is 24.0. The summed E-state index contributed by atoms with van der Waals surface area (Å²) in [5.74, 6) is -1.48. The first-order valence-electron chi connectivity index (χ1n) is 9.73. The number of nitrogens with one attached hydrogen (secondary N) is 4. The molecule has 0 spiro atoms. The predicted octanol–water partition coefficient (Wildman–Crippen LogP) is 5.23. The number of aromatic nitrogens is 2. The van der Waals surface area contributed by atoms with Crippen molar-refractivity contribution in [2.24, 2.45) is 0 Å². The third-order valence-corrected chi connectivity index (χ3v) is 4.24. The van der Waals surface area contributed by atoms with Crippen LogP contribution in [0.15, 0.2) is 80.0 Å². The molecule has 1 heterocycles. The number of carbonyl (C=O) groups is 2. The van der Waals surface area contributed by atoms with E-state index in [4.69, 9.17) is 0 Å². The van der Waals surface area contributed by atoms with Crippen molar-refractivity contribution in [1.29, 1.82) is 0 Å². The van der Waals surface area contributed by atoms with Crippen LogP contribution in [0.5, 0.6) is 0 Å². The van der Waals surface area contributed by atoms with Crippen LogP contribution in [0.4, 0.5) is 47.7 Å². The number of anilines is 6. The van der Waals surface area contributed by atoms with Crippen molar-refractivity contribution in [3.05, 3.63) is 85.6 Å². The van der Waals surface area contributed by atoms with Crippen LogP contribution in [-0.2, 0) is 15.8 Å². The molecule has 0 aliphatic rings. The van der Waals surface area contributed by atoms with Gasteiger partial charge in [0.1, 0.15) is 11.4 Å². The maximum Gasteiger partial charge on any atom is 0.421 e. The average Bonchev–Trinajstić information content (AvgIpc) is 2.78. The van der Waals surface area contributed by atoms with E-state index in [1.54, 1.807) is 36.4 Å². The number of rotatable bonds is 8. The molecule has 0 atom stereocenters. The van der Waals surface area contributed by atoms with Gasteiger partial charge in [-0.25, -0.2) is 4.98 Å². The molecular formula is C23H19F3N6O2. The van der Waals surface area contributed by atoms with Crippen molar-refractivity contribution in [1.82, 2.24) is 9.97 Å². The molecule has 0 saturated carbocycles. The lowest BCUT2D eigenvalue weighted by Gasteiger charge is -2.15. The summed E-state index contributed by atoms with van der Waals surface area (Å²) in [6, 6.07) is 12.5. The molecule has 0 radical (unpaired) electrons. The second kappa shape index (κ2) is 10.3. The van der Waals surface area contributed by atoms with Crippen molar-refractivity contribution in [2.45, 2.75) is 6.18 Å². The molecule has 0 aliphatic heterocycles. The van der Waals surface area contributed by atoms with Gasteiger partial charge in [-0.05, 0) is 48.6 Å². The molecule has 1 aromatic heterocycles. The van der Waals surface area contributed by atoms with Gasteiger partial charge in [0.2, 0.25) is 17.8 Å². The van der Waals surface area contributed by atoms with E-state index in [0.29, 0.717) is 23.3 Å². The van der Waals surface area contributed by atoms with E-state index in [2.05, 4.69) is 44.4 Å². The van der Waals surface area contributed by atoms with Gasteiger partial charge in [-0.1, -0.05) is 25.3 Å². The fraction of sp³-hybridized carbons (Fsp3) is 0.0435. The van der Waals surface area contributed by atoms with Crippen LogP contribution in [0, 0.1) is 0 Å². The number of hydrogen-bond donors (Lipinski definition) is 4. The molecule has 2 aromatic carbocycles. The van der Waals surface area contributed by atoms with Gasteiger partial charge in [-0.15, -0.1) is 0 Å². The standard InChI is InChI=1S/C23H19F3N6O2/c1-3-19(33)28-14-7-5-9-16(11-14)30-21-18(23(24,25)26)13-27-22(32-21)31-17-10-6-8-15(12-17)29-20(34)4-2/h3-13H,1-2H2,(H,28,33)(H,29,34)(H2,27,30,31,32).